The lowest BCUT2D eigenvalue weighted by Gasteiger charge is -2.40. The molecule has 0 spiro atoms. The predicted molar refractivity (Wildman–Crippen MR) is 180 cm³/mol. The number of hydrogen-bond acceptors (Lipinski definition) is 2. The average molecular weight is 565 g/mol. The molecule has 2 heteroatoms. The van der Waals surface area contributed by atoms with E-state index in [-0.39, 0.29) is 16.2 Å². The van der Waals surface area contributed by atoms with E-state index in [9.17, 15) is 10.2 Å². The lowest BCUT2D eigenvalue weighted by molar-refractivity contribution is 0.394. The van der Waals surface area contributed by atoms with E-state index in [1.807, 2.05) is 12.1 Å². The molecule has 232 valence electrons. The summed E-state index contributed by atoms with van der Waals surface area (Å²) >= 11 is 0. The maximum Gasteiger partial charge on any atom is 0.119 e. The second-order valence-corrected chi connectivity index (χ2v) is 15.0. The molecule has 0 heterocycles. The van der Waals surface area contributed by atoms with Crippen molar-refractivity contribution in [2.45, 2.75) is 175 Å². The van der Waals surface area contributed by atoms with Crippen LogP contribution in [0.15, 0.2) is 24.3 Å². The fourth-order valence-electron chi connectivity index (χ4n) is 6.94. The highest BCUT2D eigenvalue weighted by atomic mass is 16.3. The number of hydrogen-bond donors (Lipinski definition) is 2. The minimum Gasteiger partial charge on any atom is -0.508 e. The van der Waals surface area contributed by atoms with Crippen LogP contribution in [0, 0.1) is 13.8 Å². The number of unbranched alkanes of at least 4 members (excludes halogenated alkanes) is 10. The van der Waals surface area contributed by atoms with Crippen LogP contribution in [0.25, 0.3) is 0 Å². The Morgan fingerprint density at radius 3 is 1.17 bits per heavy atom. The molecular formula is C39H64O2. The van der Waals surface area contributed by atoms with E-state index in [1.165, 1.54) is 81.8 Å². The Morgan fingerprint density at radius 2 is 0.829 bits per heavy atom. The Kier molecular flexibility index (Phi) is 13.3. The first kappa shape index (κ1) is 35.2. The fraction of sp³-hybridized carbons (Fsp3) is 0.692. The molecule has 0 bridgehead atoms. The van der Waals surface area contributed by atoms with Crippen molar-refractivity contribution in [3.63, 3.8) is 0 Å². The molecule has 0 saturated heterocycles. The van der Waals surface area contributed by atoms with Gasteiger partial charge in [-0.1, -0.05) is 145 Å². The summed E-state index contributed by atoms with van der Waals surface area (Å²) in [6.07, 6.45) is 18.0. The molecule has 0 amide bonds. The van der Waals surface area contributed by atoms with Crippen molar-refractivity contribution in [1.29, 1.82) is 0 Å². The van der Waals surface area contributed by atoms with Crippen LogP contribution in [0.1, 0.15) is 179 Å². The molecule has 2 N–H and O–H groups in total. The molecule has 0 radical (unpaired) electrons. The van der Waals surface area contributed by atoms with Crippen LogP contribution >= 0.6 is 0 Å². The highest BCUT2D eigenvalue weighted by Crippen LogP contribution is 2.49. The molecular weight excluding hydrogens is 500 g/mol. The van der Waals surface area contributed by atoms with Gasteiger partial charge in [-0.2, -0.15) is 0 Å². The summed E-state index contributed by atoms with van der Waals surface area (Å²) in [5.41, 5.74) is 6.60. The van der Waals surface area contributed by atoms with Crippen LogP contribution in [-0.2, 0) is 16.2 Å². The number of phenolic OH excluding ortho intramolecular Hbond substituents is 2. The lowest BCUT2D eigenvalue weighted by Crippen LogP contribution is -2.31. The predicted octanol–water partition coefficient (Wildman–Crippen LogP) is 12.1. The Hall–Kier alpha value is -1.96. The van der Waals surface area contributed by atoms with E-state index in [1.54, 1.807) is 0 Å². The molecule has 0 aliphatic heterocycles. The molecule has 0 fully saturated rings. The molecule has 2 aromatic rings. The number of benzene rings is 2. The maximum atomic E-state index is 11.0. The minimum atomic E-state index is -0.163. The van der Waals surface area contributed by atoms with E-state index >= 15 is 0 Å². The Labute approximate surface area is 254 Å². The minimum absolute atomic E-state index is 0.151. The van der Waals surface area contributed by atoms with Crippen molar-refractivity contribution < 1.29 is 10.2 Å². The molecule has 2 nitrogen and oxygen atoms in total. The van der Waals surface area contributed by atoms with Crippen LogP contribution in [0.3, 0.4) is 0 Å². The van der Waals surface area contributed by atoms with Crippen molar-refractivity contribution >= 4 is 0 Å². The van der Waals surface area contributed by atoms with E-state index in [2.05, 4.69) is 81.4 Å². The van der Waals surface area contributed by atoms with Crippen molar-refractivity contribution in [2.24, 2.45) is 0 Å². The summed E-state index contributed by atoms with van der Waals surface area (Å²) < 4.78 is 0. The van der Waals surface area contributed by atoms with Crippen LogP contribution in [0.4, 0.5) is 0 Å². The highest BCUT2D eigenvalue weighted by molar-refractivity contribution is 5.55. The molecule has 0 atom stereocenters. The summed E-state index contributed by atoms with van der Waals surface area (Å²) in [6, 6.07) is 8.65. The largest absolute Gasteiger partial charge is 0.508 e. The van der Waals surface area contributed by atoms with Gasteiger partial charge in [0.05, 0.1) is 0 Å². The Balaban J connectivity index is 2.47. The summed E-state index contributed by atoms with van der Waals surface area (Å²) in [4.78, 5) is 0. The average Bonchev–Trinajstić information content (AvgIpc) is 2.85. The van der Waals surface area contributed by atoms with Gasteiger partial charge in [-0.25, -0.2) is 0 Å². The van der Waals surface area contributed by atoms with Gasteiger partial charge in [0.15, 0.2) is 0 Å². The first-order valence-electron chi connectivity index (χ1n) is 16.9. The fourth-order valence-corrected chi connectivity index (χ4v) is 6.94. The quantitative estimate of drug-likeness (QED) is 0.199. The molecule has 2 aromatic carbocycles. The van der Waals surface area contributed by atoms with Crippen molar-refractivity contribution in [1.82, 2.24) is 0 Å². The molecule has 0 unspecified atom stereocenters. The second kappa shape index (κ2) is 15.5. The van der Waals surface area contributed by atoms with Gasteiger partial charge in [0.25, 0.3) is 0 Å². The van der Waals surface area contributed by atoms with E-state index in [0.29, 0.717) is 11.5 Å². The Morgan fingerprint density at radius 1 is 0.463 bits per heavy atom. The van der Waals surface area contributed by atoms with Crippen molar-refractivity contribution in [3.05, 3.63) is 57.6 Å². The van der Waals surface area contributed by atoms with Gasteiger partial charge < -0.3 is 10.2 Å². The zero-order valence-corrected chi connectivity index (χ0v) is 28.6. The van der Waals surface area contributed by atoms with Crippen LogP contribution < -0.4 is 0 Å². The monoisotopic (exact) mass is 564 g/mol. The maximum absolute atomic E-state index is 11.0. The first-order valence-corrected chi connectivity index (χ1v) is 16.9. The van der Waals surface area contributed by atoms with Gasteiger partial charge in [0, 0.05) is 5.41 Å². The third kappa shape index (κ3) is 9.52. The smallest absolute Gasteiger partial charge is 0.119 e. The summed E-state index contributed by atoms with van der Waals surface area (Å²) in [5, 5.41) is 22.0. The highest BCUT2D eigenvalue weighted by Gasteiger charge is 2.38. The summed E-state index contributed by atoms with van der Waals surface area (Å²) in [7, 11) is 0. The number of phenols is 2. The third-order valence-electron chi connectivity index (χ3n) is 9.22. The van der Waals surface area contributed by atoms with Gasteiger partial charge in [-0.05, 0) is 83.0 Å². The molecule has 0 aliphatic carbocycles. The summed E-state index contributed by atoms with van der Waals surface area (Å²) in [6.45, 7) is 22.1. The molecule has 0 aliphatic rings. The number of rotatable bonds is 16. The molecule has 0 saturated carbocycles. The number of aryl methyl sites for hydroxylation is 2. The lowest BCUT2D eigenvalue weighted by atomic mass is 9.64. The molecule has 2 rings (SSSR count). The summed E-state index contributed by atoms with van der Waals surface area (Å²) in [5.74, 6) is 0.799. The zero-order valence-electron chi connectivity index (χ0n) is 28.6. The van der Waals surface area contributed by atoms with Crippen LogP contribution in [0.2, 0.25) is 0 Å². The third-order valence-corrected chi connectivity index (χ3v) is 9.22. The van der Waals surface area contributed by atoms with E-state index < -0.39 is 0 Å². The second-order valence-electron chi connectivity index (χ2n) is 15.0. The topological polar surface area (TPSA) is 40.5 Å². The van der Waals surface area contributed by atoms with Crippen LogP contribution in [0.5, 0.6) is 11.5 Å². The van der Waals surface area contributed by atoms with E-state index in [0.717, 1.165) is 41.5 Å². The van der Waals surface area contributed by atoms with Gasteiger partial charge in [-0.3, -0.25) is 0 Å². The van der Waals surface area contributed by atoms with Gasteiger partial charge in [0.1, 0.15) is 11.5 Å². The molecule has 41 heavy (non-hydrogen) atoms. The zero-order chi connectivity index (χ0) is 30.8. The van der Waals surface area contributed by atoms with Crippen LogP contribution in [-0.4, -0.2) is 10.2 Å². The van der Waals surface area contributed by atoms with Gasteiger partial charge in [0.2, 0.25) is 0 Å². The first-order chi connectivity index (χ1) is 19.2. The van der Waals surface area contributed by atoms with E-state index in [4.69, 9.17) is 0 Å². The SMILES string of the molecule is CCCCCCCCCCCCCC(CCC)(c1cc(C(C)(C)C)c(O)cc1C)c1cc(C(C)(C)C)c(O)cc1C. The van der Waals surface area contributed by atoms with Crippen molar-refractivity contribution in [2.75, 3.05) is 0 Å². The Bertz CT molecular complexity index is 1010. The standard InChI is InChI=1S/C39H64O2/c1-11-13-14-15-16-17-18-19-20-21-22-24-39(23-12-2,31-27-33(37(5,6)7)35(40)25-29(31)3)32-28-34(38(8,9)10)36(41)26-30(32)4/h25-28,40-41H,11-24H2,1-10H3. The molecule has 0 aromatic heterocycles. The number of aromatic hydroxyl groups is 2. The normalized spacial score (nSPS) is 12.7. The van der Waals surface area contributed by atoms with Crippen molar-refractivity contribution in [3.8, 4) is 11.5 Å². The van der Waals surface area contributed by atoms with Gasteiger partial charge in [-0.15, -0.1) is 0 Å². The van der Waals surface area contributed by atoms with Gasteiger partial charge >= 0.3 is 0 Å².